The van der Waals surface area contributed by atoms with E-state index in [2.05, 4.69) is 5.32 Å². The van der Waals surface area contributed by atoms with E-state index < -0.39 is 4.92 Å². The Balaban J connectivity index is 2.19. The third-order valence-electron chi connectivity index (χ3n) is 4.36. The highest BCUT2D eigenvalue weighted by atomic mass is 16.6. The number of nitro benzene ring substituents is 1. The van der Waals surface area contributed by atoms with Crippen molar-refractivity contribution in [2.75, 3.05) is 25.0 Å². The Morgan fingerprint density at radius 3 is 2.57 bits per heavy atom. The van der Waals surface area contributed by atoms with Gasteiger partial charge < -0.3 is 10.2 Å². The number of hydrogen-bond donors (Lipinski definition) is 1. The summed E-state index contributed by atoms with van der Waals surface area (Å²) in [5.41, 5.74) is 0.350. The van der Waals surface area contributed by atoms with Crippen molar-refractivity contribution in [2.24, 2.45) is 5.41 Å². The molecule has 2 rings (SSSR count). The highest BCUT2D eigenvalue weighted by Gasteiger charge is 2.40. The third kappa shape index (κ3) is 3.05. The lowest BCUT2D eigenvalue weighted by atomic mass is 9.77. The standard InChI is InChI=1S/C15H21N3O3/c1-3-15(9-4-10-16-11-15)14(19)17(2)12-5-7-13(8-6-12)18(20)21/h5-8,16H,3-4,9-11H2,1-2H3. The van der Waals surface area contributed by atoms with Crippen LogP contribution in [-0.4, -0.2) is 31.0 Å². The number of nitro groups is 1. The summed E-state index contributed by atoms with van der Waals surface area (Å²) in [5.74, 6) is 0.0750. The Kier molecular flexibility index (Phi) is 4.57. The van der Waals surface area contributed by atoms with Crippen LogP contribution in [0.25, 0.3) is 0 Å². The predicted octanol–water partition coefficient (Wildman–Crippen LogP) is 2.34. The lowest BCUT2D eigenvalue weighted by molar-refractivity contribution is -0.384. The fourth-order valence-corrected chi connectivity index (χ4v) is 2.87. The van der Waals surface area contributed by atoms with Crippen molar-refractivity contribution in [3.05, 3.63) is 34.4 Å². The van der Waals surface area contributed by atoms with Crippen LogP contribution in [0.15, 0.2) is 24.3 Å². The van der Waals surface area contributed by atoms with E-state index >= 15 is 0 Å². The fourth-order valence-electron chi connectivity index (χ4n) is 2.87. The van der Waals surface area contributed by atoms with Gasteiger partial charge in [0.1, 0.15) is 0 Å². The minimum Gasteiger partial charge on any atom is -0.316 e. The van der Waals surface area contributed by atoms with E-state index in [9.17, 15) is 14.9 Å². The summed E-state index contributed by atoms with van der Waals surface area (Å²) in [6.45, 7) is 3.69. The molecule has 0 aromatic heterocycles. The summed E-state index contributed by atoms with van der Waals surface area (Å²) in [7, 11) is 1.73. The first-order valence-corrected chi connectivity index (χ1v) is 7.23. The van der Waals surface area contributed by atoms with Gasteiger partial charge in [-0.3, -0.25) is 14.9 Å². The van der Waals surface area contributed by atoms with Crippen LogP contribution in [0.5, 0.6) is 0 Å². The first-order chi connectivity index (χ1) is 10.00. The van der Waals surface area contributed by atoms with Gasteiger partial charge >= 0.3 is 0 Å². The van der Waals surface area contributed by atoms with Crippen LogP contribution in [0.3, 0.4) is 0 Å². The molecule has 1 atom stereocenters. The zero-order valence-electron chi connectivity index (χ0n) is 12.5. The quantitative estimate of drug-likeness (QED) is 0.682. The van der Waals surface area contributed by atoms with Crippen molar-refractivity contribution >= 4 is 17.3 Å². The minimum atomic E-state index is -0.440. The van der Waals surface area contributed by atoms with E-state index in [0.717, 1.165) is 25.8 Å². The van der Waals surface area contributed by atoms with E-state index in [0.29, 0.717) is 12.2 Å². The van der Waals surface area contributed by atoms with Gasteiger partial charge in [-0.05, 0) is 37.9 Å². The molecule has 21 heavy (non-hydrogen) atoms. The molecule has 1 amide bonds. The van der Waals surface area contributed by atoms with Gasteiger partial charge in [-0.15, -0.1) is 0 Å². The number of carbonyl (C=O) groups is 1. The number of amides is 1. The van der Waals surface area contributed by atoms with Gasteiger partial charge in [0.15, 0.2) is 0 Å². The third-order valence-corrected chi connectivity index (χ3v) is 4.36. The van der Waals surface area contributed by atoms with Gasteiger partial charge in [0, 0.05) is 31.4 Å². The average Bonchev–Trinajstić information content (AvgIpc) is 2.54. The van der Waals surface area contributed by atoms with E-state index in [4.69, 9.17) is 0 Å². The van der Waals surface area contributed by atoms with Gasteiger partial charge in [0.25, 0.3) is 5.69 Å². The van der Waals surface area contributed by atoms with Crippen LogP contribution in [0.2, 0.25) is 0 Å². The monoisotopic (exact) mass is 291 g/mol. The van der Waals surface area contributed by atoms with Crippen molar-refractivity contribution in [2.45, 2.75) is 26.2 Å². The molecule has 1 saturated heterocycles. The van der Waals surface area contributed by atoms with Crippen LogP contribution in [0, 0.1) is 15.5 Å². The number of nitrogens with one attached hydrogen (secondary N) is 1. The van der Waals surface area contributed by atoms with E-state index in [1.54, 1.807) is 24.1 Å². The molecule has 1 fully saturated rings. The van der Waals surface area contributed by atoms with Gasteiger partial charge in [0.05, 0.1) is 10.3 Å². The zero-order valence-corrected chi connectivity index (χ0v) is 12.5. The molecule has 6 nitrogen and oxygen atoms in total. The smallest absolute Gasteiger partial charge is 0.269 e. The summed E-state index contributed by atoms with van der Waals surface area (Å²) in [6, 6.07) is 6.10. The zero-order chi connectivity index (χ0) is 15.5. The van der Waals surface area contributed by atoms with Crippen LogP contribution in [-0.2, 0) is 4.79 Å². The Bertz CT molecular complexity index is 521. The van der Waals surface area contributed by atoms with E-state index in [1.165, 1.54) is 12.1 Å². The molecule has 1 unspecified atom stereocenters. The SMILES string of the molecule is CCC1(C(=O)N(C)c2ccc([N+](=O)[O-])cc2)CCCNC1. The highest BCUT2D eigenvalue weighted by Crippen LogP contribution is 2.33. The second kappa shape index (κ2) is 6.22. The minimum absolute atomic E-state index is 0.0316. The summed E-state index contributed by atoms with van der Waals surface area (Å²) >= 11 is 0. The molecule has 0 bridgehead atoms. The van der Waals surface area contributed by atoms with Gasteiger partial charge in [-0.1, -0.05) is 6.92 Å². The second-order valence-electron chi connectivity index (χ2n) is 5.55. The predicted molar refractivity (Wildman–Crippen MR) is 81.3 cm³/mol. The van der Waals surface area contributed by atoms with Crippen LogP contribution < -0.4 is 10.2 Å². The summed E-state index contributed by atoms with van der Waals surface area (Å²) in [4.78, 5) is 24.7. The maximum atomic E-state index is 12.8. The van der Waals surface area contributed by atoms with Gasteiger partial charge in [-0.2, -0.15) is 0 Å². The normalized spacial score (nSPS) is 21.8. The molecule has 1 aliphatic rings. The summed E-state index contributed by atoms with van der Waals surface area (Å²) in [6.07, 6.45) is 2.66. The molecule has 114 valence electrons. The Morgan fingerprint density at radius 1 is 1.43 bits per heavy atom. The number of anilines is 1. The second-order valence-corrected chi connectivity index (χ2v) is 5.55. The fraction of sp³-hybridized carbons (Fsp3) is 0.533. The van der Waals surface area contributed by atoms with Crippen molar-refractivity contribution in [1.82, 2.24) is 5.32 Å². The lowest BCUT2D eigenvalue weighted by Crippen LogP contribution is -2.50. The number of carbonyl (C=O) groups excluding carboxylic acids is 1. The molecule has 1 aromatic carbocycles. The number of non-ortho nitro benzene ring substituents is 1. The topological polar surface area (TPSA) is 75.5 Å². The molecule has 1 aliphatic heterocycles. The molecule has 0 aliphatic carbocycles. The lowest BCUT2D eigenvalue weighted by Gasteiger charge is -2.38. The largest absolute Gasteiger partial charge is 0.316 e. The average molecular weight is 291 g/mol. The molecule has 1 N–H and O–H groups in total. The molecular formula is C15H21N3O3. The molecule has 1 aromatic rings. The summed E-state index contributed by atoms with van der Waals surface area (Å²) < 4.78 is 0. The van der Waals surface area contributed by atoms with Crippen molar-refractivity contribution in [3.63, 3.8) is 0 Å². The number of nitrogens with zero attached hydrogens (tertiary/aromatic N) is 2. The number of hydrogen-bond acceptors (Lipinski definition) is 4. The first kappa shape index (κ1) is 15.4. The molecule has 6 heteroatoms. The van der Waals surface area contributed by atoms with Crippen molar-refractivity contribution < 1.29 is 9.72 Å². The molecule has 1 heterocycles. The maximum absolute atomic E-state index is 12.8. The summed E-state index contributed by atoms with van der Waals surface area (Å²) in [5, 5.41) is 14.0. The first-order valence-electron chi connectivity index (χ1n) is 7.23. The Labute approximate surface area is 124 Å². The molecule has 0 saturated carbocycles. The van der Waals surface area contributed by atoms with Crippen LogP contribution in [0.1, 0.15) is 26.2 Å². The van der Waals surface area contributed by atoms with Crippen LogP contribution >= 0.6 is 0 Å². The Morgan fingerprint density at radius 2 is 2.10 bits per heavy atom. The number of rotatable bonds is 4. The highest BCUT2D eigenvalue weighted by molar-refractivity contribution is 5.97. The maximum Gasteiger partial charge on any atom is 0.269 e. The van der Waals surface area contributed by atoms with Gasteiger partial charge in [-0.25, -0.2) is 0 Å². The number of benzene rings is 1. The molecule has 0 spiro atoms. The number of piperidine rings is 1. The van der Waals surface area contributed by atoms with E-state index in [1.807, 2.05) is 6.92 Å². The molecular weight excluding hydrogens is 270 g/mol. The van der Waals surface area contributed by atoms with Gasteiger partial charge in [0.2, 0.25) is 5.91 Å². The van der Waals surface area contributed by atoms with Crippen LogP contribution in [0.4, 0.5) is 11.4 Å². The Hall–Kier alpha value is -1.95. The van der Waals surface area contributed by atoms with E-state index in [-0.39, 0.29) is 17.0 Å². The molecule has 0 radical (unpaired) electrons. The van der Waals surface area contributed by atoms with Crippen molar-refractivity contribution in [1.29, 1.82) is 0 Å². The van der Waals surface area contributed by atoms with Crippen molar-refractivity contribution in [3.8, 4) is 0 Å².